The zero-order valence-corrected chi connectivity index (χ0v) is 12.0. The van der Waals surface area contributed by atoms with E-state index in [0.717, 1.165) is 0 Å². The van der Waals surface area contributed by atoms with Gasteiger partial charge in [0.05, 0.1) is 18.4 Å². The van der Waals surface area contributed by atoms with Crippen LogP contribution in [0.1, 0.15) is 15.9 Å². The van der Waals surface area contributed by atoms with Crippen molar-refractivity contribution in [2.45, 2.75) is 6.54 Å². The Hall–Kier alpha value is -2.69. The number of hydrogen-bond donors (Lipinski definition) is 2. The van der Waals surface area contributed by atoms with Crippen molar-refractivity contribution in [3.63, 3.8) is 0 Å². The first-order valence-corrected chi connectivity index (χ1v) is 6.49. The van der Waals surface area contributed by atoms with Crippen LogP contribution in [0.4, 0.5) is 5.69 Å². The van der Waals surface area contributed by atoms with Crippen LogP contribution in [0.3, 0.4) is 0 Å². The third-order valence-corrected chi connectivity index (χ3v) is 3.26. The highest BCUT2D eigenvalue weighted by Crippen LogP contribution is 2.26. The van der Waals surface area contributed by atoms with Gasteiger partial charge in [0.2, 0.25) is 0 Å². The van der Waals surface area contributed by atoms with E-state index < -0.39 is 0 Å². The standard InChI is InChI=1S/C16H18N2O3/c1-18(10-11-6-3-4-8-13(11)19)16(20)12-7-5-9-14(21-2)15(12)17/h3-9,19H,10,17H2,1-2H3. The molecule has 2 aromatic carbocycles. The fraction of sp³-hybridized carbons (Fsp3) is 0.188. The maximum absolute atomic E-state index is 12.5. The smallest absolute Gasteiger partial charge is 0.256 e. The summed E-state index contributed by atoms with van der Waals surface area (Å²) in [6.07, 6.45) is 0. The number of nitrogens with two attached hydrogens (primary N) is 1. The topological polar surface area (TPSA) is 75.8 Å². The van der Waals surface area contributed by atoms with Crippen molar-refractivity contribution < 1.29 is 14.6 Å². The predicted molar refractivity (Wildman–Crippen MR) is 81.3 cm³/mol. The van der Waals surface area contributed by atoms with E-state index in [0.29, 0.717) is 29.1 Å². The molecule has 110 valence electrons. The number of amides is 1. The fourth-order valence-corrected chi connectivity index (χ4v) is 2.09. The molecule has 0 saturated heterocycles. The molecule has 0 aromatic heterocycles. The molecular formula is C16H18N2O3. The van der Waals surface area contributed by atoms with E-state index in [2.05, 4.69) is 0 Å². The van der Waals surface area contributed by atoms with Gasteiger partial charge in [0.15, 0.2) is 0 Å². The van der Waals surface area contributed by atoms with Crippen molar-refractivity contribution in [2.24, 2.45) is 0 Å². The first-order valence-electron chi connectivity index (χ1n) is 6.49. The third-order valence-electron chi connectivity index (χ3n) is 3.26. The number of phenolic OH excluding ortho intramolecular Hbond substituents is 1. The SMILES string of the molecule is COc1cccc(C(=O)N(C)Cc2ccccc2O)c1N. The molecule has 0 saturated carbocycles. The van der Waals surface area contributed by atoms with Crippen LogP contribution in [0.15, 0.2) is 42.5 Å². The molecule has 5 nitrogen and oxygen atoms in total. The number of benzene rings is 2. The summed E-state index contributed by atoms with van der Waals surface area (Å²) in [4.78, 5) is 14.0. The van der Waals surface area contributed by atoms with Gasteiger partial charge in [0.25, 0.3) is 5.91 Å². The highest BCUT2D eigenvalue weighted by atomic mass is 16.5. The molecule has 2 rings (SSSR count). The van der Waals surface area contributed by atoms with Gasteiger partial charge in [0, 0.05) is 19.2 Å². The van der Waals surface area contributed by atoms with E-state index >= 15 is 0 Å². The van der Waals surface area contributed by atoms with Crippen LogP contribution < -0.4 is 10.5 Å². The number of carbonyl (C=O) groups excluding carboxylic acids is 1. The van der Waals surface area contributed by atoms with Crippen molar-refractivity contribution in [3.05, 3.63) is 53.6 Å². The van der Waals surface area contributed by atoms with Crippen LogP contribution in [0.2, 0.25) is 0 Å². The van der Waals surface area contributed by atoms with E-state index in [1.54, 1.807) is 43.4 Å². The summed E-state index contributed by atoms with van der Waals surface area (Å²) in [5.41, 5.74) is 7.31. The number of anilines is 1. The maximum Gasteiger partial charge on any atom is 0.256 e. The van der Waals surface area contributed by atoms with Crippen LogP contribution >= 0.6 is 0 Å². The molecule has 0 aliphatic heterocycles. The lowest BCUT2D eigenvalue weighted by atomic mass is 10.1. The van der Waals surface area contributed by atoms with Crippen molar-refractivity contribution in [1.29, 1.82) is 0 Å². The zero-order chi connectivity index (χ0) is 15.4. The van der Waals surface area contributed by atoms with E-state index in [1.807, 2.05) is 6.07 Å². The Kier molecular flexibility index (Phi) is 4.33. The van der Waals surface area contributed by atoms with Gasteiger partial charge in [0.1, 0.15) is 11.5 Å². The molecule has 0 heterocycles. The first-order chi connectivity index (χ1) is 10.0. The Morgan fingerprint density at radius 3 is 2.62 bits per heavy atom. The summed E-state index contributed by atoms with van der Waals surface area (Å²) < 4.78 is 5.12. The van der Waals surface area contributed by atoms with E-state index in [-0.39, 0.29) is 11.7 Å². The Bertz CT molecular complexity index is 656. The highest BCUT2D eigenvalue weighted by Gasteiger charge is 2.17. The Balaban J connectivity index is 2.22. The fourth-order valence-electron chi connectivity index (χ4n) is 2.09. The lowest BCUT2D eigenvalue weighted by molar-refractivity contribution is 0.0785. The minimum absolute atomic E-state index is 0.163. The van der Waals surface area contributed by atoms with Gasteiger partial charge in [-0.1, -0.05) is 24.3 Å². The zero-order valence-electron chi connectivity index (χ0n) is 12.0. The van der Waals surface area contributed by atoms with Crippen molar-refractivity contribution in [3.8, 4) is 11.5 Å². The lowest BCUT2D eigenvalue weighted by Crippen LogP contribution is -2.27. The third kappa shape index (κ3) is 3.08. The summed E-state index contributed by atoms with van der Waals surface area (Å²) in [7, 11) is 3.17. The number of para-hydroxylation sites is 2. The molecule has 0 fully saturated rings. The molecule has 5 heteroatoms. The van der Waals surface area contributed by atoms with Crippen molar-refractivity contribution >= 4 is 11.6 Å². The van der Waals surface area contributed by atoms with Crippen molar-refractivity contribution in [2.75, 3.05) is 19.9 Å². The number of nitrogen functional groups attached to an aromatic ring is 1. The summed E-state index contributed by atoms with van der Waals surface area (Å²) in [5, 5.41) is 9.77. The first kappa shape index (κ1) is 14.7. The van der Waals surface area contributed by atoms with Gasteiger partial charge in [-0.2, -0.15) is 0 Å². The second-order valence-electron chi connectivity index (χ2n) is 4.71. The number of aromatic hydroxyl groups is 1. The molecule has 2 aromatic rings. The summed E-state index contributed by atoms with van der Waals surface area (Å²) in [6.45, 7) is 0.294. The summed E-state index contributed by atoms with van der Waals surface area (Å²) in [6, 6.07) is 12.0. The van der Waals surface area contributed by atoms with Gasteiger partial charge >= 0.3 is 0 Å². The van der Waals surface area contributed by atoms with Gasteiger partial charge in [-0.05, 0) is 18.2 Å². The lowest BCUT2D eigenvalue weighted by Gasteiger charge is -2.19. The number of methoxy groups -OCH3 is 1. The number of carbonyl (C=O) groups is 1. The number of phenols is 1. The van der Waals surface area contributed by atoms with Crippen LogP contribution in [-0.4, -0.2) is 30.1 Å². The second-order valence-corrected chi connectivity index (χ2v) is 4.71. The Labute approximate surface area is 123 Å². The van der Waals surface area contributed by atoms with E-state index in [1.165, 1.54) is 12.0 Å². The minimum Gasteiger partial charge on any atom is -0.508 e. The Morgan fingerprint density at radius 2 is 1.95 bits per heavy atom. The van der Waals surface area contributed by atoms with Crippen LogP contribution in [0.25, 0.3) is 0 Å². The van der Waals surface area contributed by atoms with E-state index in [9.17, 15) is 9.90 Å². The van der Waals surface area contributed by atoms with E-state index in [4.69, 9.17) is 10.5 Å². The van der Waals surface area contributed by atoms with Crippen LogP contribution in [-0.2, 0) is 6.54 Å². The molecular weight excluding hydrogens is 268 g/mol. The molecule has 1 amide bonds. The van der Waals surface area contributed by atoms with Crippen molar-refractivity contribution in [1.82, 2.24) is 4.90 Å². The average molecular weight is 286 g/mol. The molecule has 0 bridgehead atoms. The molecule has 3 N–H and O–H groups in total. The number of hydrogen-bond acceptors (Lipinski definition) is 4. The summed E-state index contributed by atoms with van der Waals surface area (Å²) >= 11 is 0. The number of ether oxygens (including phenoxy) is 1. The number of nitrogens with zero attached hydrogens (tertiary/aromatic N) is 1. The van der Waals surface area contributed by atoms with Crippen LogP contribution in [0, 0.1) is 0 Å². The maximum atomic E-state index is 12.5. The Morgan fingerprint density at radius 1 is 1.24 bits per heavy atom. The van der Waals surface area contributed by atoms with Gasteiger partial charge < -0.3 is 20.5 Å². The summed E-state index contributed by atoms with van der Waals surface area (Å²) in [5.74, 6) is 0.405. The molecule has 0 radical (unpaired) electrons. The largest absolute Gasteiger partial charge is 0.508 e. The molecule has 0 spiro atoms. The predicted octanol–water partition coefficient (Wildman–Crippen LogP) is 2.26. The quantitative estimate of drug-likeness (QED) is 0.845. The normalized spacial score (nSPS) is 10.2. The van der Waals surface area contributed by atoms with Gasteiger partial charge in [-0.15, -0.1) is 0 Å². The highest BCUT2D eigenvalue weighted by molar-refractivity contribution is 6.00. The monoisotopic (exact) mass is 286 g/mol. The van der Waals surface area contributed by atoms with Gasteiger partial charge in [-0.25, -0.2) is 0 Å². The second kappa shape index (κ2) is 6.17. The molecule has 0 aliphatic carbocycles. The molecule has 0 aliphatic rings. The van der Waals surface area contributed by atoms with Crippen LogP contribution in [0.5, 0.6) is 11.5 Å². The number of rotatable bonds is 4. The molecule has 0 unspecified atom stereocenters. The molecule has 0 atom stereocenters. The minimum atomic E-state index is -0.227. The molecule has 21 heavy (non-hydrogen) atoms. The van der Waals surface area contributed by atoms with Gasteiger partial charge in [-0.3, -0.25) is 4.79 Å². The average Bonchev–Trinajstić information content (AvgIpc) is 2.49.